The molecule has 0 saturated carbocycles. The minimum absolute atomic E-state index is 0.0164. The van der Waals surface area contributed by atoms with Gasteiger partial charge in [0.05, 0.1) is 12.5 Å². The van der Waals surface area contributed by atoms with Gasteiger partial charge < -0.3 is 24.4 Å². The number of amides is 2. The minimum atomic E-state index is -0.0331. The topological polar surface area (TPSA) is 81.8 Å². The number of aromatic nitrogens is 2. The highest BCUT2D eigenvalue weighted by molar-refractivity contribution is 5.94. The number of nitrogens with zero attached hydrogens (tertiary/aromatic N) is 4. The highest BCUT2D eigenvalue weighted by Gasteiger charge is 2.25. The molecule has 1 N–H and O–H groups in total. The highest BCUT2D eigenvalue weighted by Crippen LogP contribution is 2.21. The summed E-state index contributed by atoms with van der Waals surface area (Å²) in [6, 6.07) is 7.33. The number of ether oxygens (including phenoxy) is 1. The van der Waals surface area contributed by atoms with E-state index in [9.17, 15) is 9.59 Å². The number of likely N-dealkylation sites (N-methyl/N-ethyl adjacent to an activating group) is 2. The first-order valence-electron chi connectivity index (χ1n) is 9.88. The number of rotatable bonds is 7. The second kappa shape index (κ2) is 9.56. The van der Waals surface area contributed by atoms with E-state index in [1.54, 1.807) is 17.2 Å². The lowest BCUT2D eigenvalue weighted by Gasteiger charge is -2.32. The molecule has 156 valence electrons. The second-order valence-electron chi connectivity index (χ2n) is 7.63. The van der Waals surface area contributed by atoms with Crippen LogP contribution in [0.25, 0.3) is 0 Å². The lowest BCUT2D eigenvalue weighted by Crippen LogP contribution is -2.41. The van der Waals surface area contributed by atoms with Crippen LogP contribution in [-0.4, -0.2) is 89.9 Å². The molecule has 29 heavy (non-hydrogen) atoms. The Labute approximate surface area is 171 Å². The maximum absolute atomic E-state index is 12.6. The van der Waals surface area contributed by atoms with E-state index in [0.29, 0.717) is 36.6 Å². The number of piperidine rings is 1. The fourth-order valence-electron chi connectivity index (χ4n) is 3.29. The van der Waals surface area contributed by atoms with Gasteiger partial charge in [-0.3, -0.25) is 9.59 Å². The molecule has 1 saturated heterocycles. The molecule has 1 aromatic carbocycles. The average Bonchev–Trinajstić information content (AvgIpc) is 3.26. The van der Waals surface area contributed by atoms with E-state index in [2.05, 4.69) is 9.97 Å². The van der Waals surface area contributed by atoms with Crippen LogP contribution in [0, 0.1) is 0 Å². The summed E-state index contributed by atoms with van der Waals surface area (Å²) < 4.78 is 6.11. The summed E-state index contributed by atoms with van der Waals surface area (Å²) in [6.45, 7) is 2.75. The van der Waals surface area contributed by atoms with Gasteiger partial charge in [0.2, 0.25) is 0 Å². The Morgan fingerprint density at radius 2 is 1.97 bits per heavy atom. The molecule has 8 nitrogen and oxygen atoms in total. The van der Waals surface area contributed by atoms with E-state index >= 15 is 0 Å². The van der Waals surface area contributed by atoms with Crippen LogP contribution in [0.4, 0.5) is 0 Å². The van der Waals surface area contributed by atoms with E-state index in [0.717, 1.165) is 19.4 Å². The van der Waals surface area contributed by atoms with Crippen molar-refractivity contribution in [1.29, 1.82) is 0 Å². The van der Waals surface area contributed by atoms with Crippen LogP contribution in [0.2, 0.25) is 0 Å². The van der Waals surface area contributed by atoms with Crippen LogP contribution >= 0.6 is 0 Å². The Morgan fingerprint density at radius 3 is 2.62 bits per heavy atom. The first kappa shape index (κ1) is 20.9. The Hall–Kier alpha value is -2.87. The summed E-state index contributed by atoms with van der Waals surface area (Å²) in [7, 11) is 5.78. The lowest BCUT2D eigenvalue weighted by molar-refractivity contribution is 0.0589. The summed E-state index contributed by atoms with van der Waals surface area (Å²) in [5.74, 6) is 0.641. The van der Waals surface area contributed by atoms with Gasteiger partial charge in [-0.2, -0.15) is 0 Å². The van der Waals surface area contributed by atoms with Crippen molar-refractivity contribution in [3.8, 4) is 5.75 Å². The molecule has 8 heteroatoms. The van der Waals surface area contributed by atoms with Crippen molar-refractivity contribution in [3.05, 3.63) is 48.0 Å². The molecule has 0 bridgehead atoms. The Bertz CT molecular complexity index is 813. The largest absolute Gasteiger partial charge is 0.490 e. The quantitative estimate of drug-likeness (QED) is 0.767. The smallest absolute Gasteiger partial charge is 0.271 e. The van der Waals surface area contributed by atoms with Crippen LogP contribution in [-0.2, 0) is 0 Å². The number of H-pyrrole nitrogens is 1. The normalized spacial score (nSPS) is 14.8. The molecule has 3 rings (SSSR count). The van der Waals surface area contributed by atoms with Gasteiger partial charge in [-0.1, -0.05) is 6.07 Å². The molecule has 0 aliphatic carbocycles. The molecule has 2 heterocycles. The van der Waals surface area contributed by atoms with E-state index in [1.165, 1.54) is 6.33 Å². The number of likely N-dealkylation sites (tertiary alicyclic amines) is 1. The van der Waals surface area contributed by atoms with Crippen molar-refractivity contribution in [1.82, 2.24) is 24.7 Å². The number of nitrogens with one attached hydrogen (secondary N) is 1. The van der Waals surface area contributed by atoms with Crippen molar-refractivity contribution in [2.45, 2.75) is 18.9 Å². The molecular formula is C21H29N5O3. The third-order valence-electron chi connectivity index (χ3n) is 5.07. The van der Waals surface area contributed by atoms with Crippen LogP contribution < -0.4 is 4.74 Å². The van der Waals surface area contributed by atoms with Gasteiger partial charge >= 0.3 is 0 Å². The zero-order chi connectivity index (χ0) is 20.8. The predicted octanol–water partition coefficient (Wildman–Crippen LogP) is 1.73. The summed E-state index contributed by atoms with van der Waals surface area (Å²) in [6.07, 6.45) is 4.58. The highest BCUT2D eigenvalue weighted by atomic mass is 16.5. The first-order valence-corrected chi connectivity index (χ1v) is 9.88. The monoisotopic (exact) mass is 399 g/mol. The molecule has 2 amide bonds. The molecular weight excluding hydrogens is 370 g/mol. The van der Waals surface area contributed by atoms with E-state index < -0.39 is 0 Å². The van der Waals surface area contributed by atoms with Gasteiger partial charge in [0.1, 0.15) is 17.5 Å². The Morgan fingerprint density at radius 1 is 1.21 bits per heavy atom. The third-order valence-corrected chi connectivity index (χ3v) is 5.07. The lowest BCUT2D eigenvalue weighted by atomic mass is 10.1. The maximum atomic E-state index is 12.6. The summed E-state index contributed by atoms with van der Waals surface area (Å²) >= 11 is 0. The third kappa shape index (κ3) is 5.57. The maximum Gasteiger partial charge on any atom is 0.271 e. The van der Waals surface area contributed by atoms with E-state index in [4.69, 9.17) is 4.74 Å². The zero-order valence-corrected chi connectivity index (χ0v) is 17.3. The Balaban J connectivity index is 1.53. The van der Waals surface area contributed by atoms with Crippen molar-refractivity contribution < 1.29 is 14.3 Å². The second-order valence-corrected chi connectivity index (χ2v) is 7.63. The van der Waals surface area contributed by atoms with Gasteiger partial charge in [0.25, 0.3) is 11.8 Å². The molecule has 1 fully saturated rings. The minimum Gasteiger partial charge on any atom is -0.490 e. The summed E-state index contributed by atoms with van der Waals surface area (Å²) in [4.78, 5) is 37.3. The molecule has 0 radical (unpaired) electrons. The fourth-order valence-corrected chi connectivity index (χ4v) is 3.29. The fraction of sp³-hybridized carbons (Fsp3) is 0.476. The van der Waals surface area contributed by atoms with Gasteiger partial charge in [0, 0.05) is 51.6 Å². The van der Waals surface area contributed by atoms with E-state index in [-0.39, 0.29) is 17.9 Å². The first-order chi connectivity index (χ1) is 13.9. The molecule has 1 aliphatic heterocycles. The molecule has 0 spiro atoms. The van der Waals surface area contributed by atoms with Crippen molar-refractivity contribution in [2.75, 3.05) is 47.3 Å². The van der Waals surface area contributed by atoms with Crippen LogP contribution in [0.1, 0.15) is 33.7 Å². The number of imidazole rings is 1. The molecule has 2 aromatic rings. The SMILES string of the molecule is CN(C)CCN(C)C(=O)c1cccc(OC2CCN(C(=O)c3cnc[nH]3)CC2)c1. The van der Waals surface area contributed by atoms with E-state index in [1.807, 2.05) is 49.1 Å². The number of carbonyl (C=O) groups is 2. The molecule has 0 unspecified atom stereocenters. The van der Waals surface area contributed by atoms with Crippen LogP contribution in [0.3, 0.4) is 0 Å². The zero-order valence-electron chi connectivity index (χ0n) is 17.3. The number of benzene rings is 1. The van der Waals surface area contributed by atoms with Crippen LogP contribution in [0.15, 0.2) is 36.8 Å². The number of hydrogen-bond acceptors (Lipinski definition) is 5. The number of carbonyl (C=O) groups excluding carboxylic acids is 2. The van der Waals surface area contributed by atoms with Crippen molar-refractivity contribution in [3.63, 3.8) is 0 Å². The summed E-state index contributed by atoms with van der Waals surface area (Å²) in [5, 5.41) is 0. The number of aromatic amines is 1. The van der Waals surface area contributed by atoms with Crippen LogP contribution in [0.5, 0.6) is 5.75 Å². The summed E-state index contributed by atoms with van der Waals surface area (Å²) in [5.41, 5.74) is 1.13. The van der Waals surface area contributed by atoms with Crippen molar-refractivity contribution in [2.24, 2.45) is 0 Å². The van der Waals surface area contributed by atoms with Gasteiger partial charge in [0.15, 0.2) is 0 Å². The van der Waals surface area contributed by atoms with Crippen molar-refractivity contribution >= 4 is 11.8 Å². The van der Waals surface area contributed by atoms with Gasteiger partial charge in [-0.05, 0) is 32.3 Å². The van der Waals surface area contributed by atoms with Gasteiger partial charge in [-0.25, -0.2) is 4.98 Å². The molecule has 1 aromatic heterocycles. The average molecular weight is 399 g/mol. The Kier molecular flexibility index (Phi) is 6.87. The molecule has 1 aliphatic rings. The standard InChI is InChI=1S/C21H29N5O3/c1-24(2)11-12-25(3)20(27)16-5-4-6-18(13-16)29-17-7-9-26(10-8-17)21(28)19-14-22-15-23-19/h4-6,13-15,17H,7-12H2,1-3H3,(H,22,23). The van der Waals surface area contributed by atoms with Gasteiger partial charge in [-0.15, -0.1) is 0 Å². The predicted molar refractivity (Wildman–Crippen MR) is 110 cm³/mol. The number of hydrogen-bond donors (Lipinski definition) is 1. The molecule has 0 atom stereocenters.